The van der Waals surface area contributed by atoms with Gasteiger partial charge in [0, 0.05) is 4.24 Å². The van der Waals surface area contributed by atoms with Gasteiger partial charge in [-0.2, -0.15) is 0 Å². The molecule has 0 aliphatic carbocycles. The third-order valence-electron chi connectivity index (χ3n) is 0. The summed E-state index contributed by atoms with van der Waals surface area (Å²) in [6.07, 6.45) is 0. The second-order valence-corrected chi connectivity index (χ2v) is 1.85. The minimum absolute atomic E-state index is 0. The van der Waals surface area contributed by atoms with E-state index in [1.807, 2.05) is 0 Å². The summed E-state index contributed by atoms with van der Waals surface area (Å²) < 4.78 is 0.556. The summed E-state index contributed by atoms with van der Waals surface area (Å²) in [4.78, 5) is 0. The molecule has 0 aromatic heterocycles. The molecule has 0 atom stereocenters. The van der Waals surface area contributed by atoms with E-state index in [4.69, 9.17) is 0 Å². The molecule has 0 aliphatic rings. The first-order chi connectivity index (χ1) is 1.73. The van der Waals surface area contributed by atoms with Crippen LogP contribution in [0.5, 0.6) is 0 Å². The van der Waals surface area contributed by atoms with E-state index in [1.54, 1.807) is 0 Å². The Labute approximate surface area is 93.6 Å². The Bertz CT molecular complexity index is 32.5. The summed E-state index contributed by atoms with van der Waals surface area (Å²) in [5, 5.41) is 0. The Balaban J connectivity index is -0.0000000450. The molecule has 0 spiro atoms. The molecule has 28 valence electrons. The average molecular weight is 140 g/mol. The van der Waals surface area contributed by atoms with Crippen LogP contribution in [0.4, 0.5) is 0 Å². The zero-order valence-electron chi connectivity index (χ0n) is 2.10. The van der Waals surface area contributed by atoms with Crippen molar-refractivity contribution in [3.63, 3.8) is 0 Å². The summed E-state index contributed by atoms with van der Waals surface area (Å²) >= 11 is 7.27. The Hall–Kier alpha value is 2.44. The summed E-state index contributed by atoms with van der Waals surface area (Å²) in [7, 11) is 0. The van der Waals surface area contributed by atoms with Crippen molar-refractivity contribution in [1.82, 2.24) is 0 Å². The molecule has 0 unspecified atom stereocenters. The molecule has 0 nitrogen and oxygen atoms in total. The molecular weight excluding hydrogens is 134 g/mol. The van der Waals surface area contributed by atoms with Crippen LogP contribution in [0.1, 0.15) is 0 Å². The monoisotopic (exact) mass is 140 g/mol. The number of thiol groups is 2. The van der Waals surface area contributed by atoms with E-state index in [9.17, 15) is 0 Å². The normalized spacial score (nSPS) is 4.33. The van der Waals surface area contributed by atoms with E-state index in [2.05, 4.69) is 31.8 Å². The van der Waals surface area contributed by atoms with Gasteiger partial charge >= 0.3 is 59.1 Å². The molecule has 0 aliphatic heterocycles. The van der Waals surface area contributed by atoms with Gasteiger partial charge in [-0.25, -0.2) is 0 Å². The second kappa shape index (κ2) is 10.4. The van der Waals surface area contributed by atoms with Crippen LogP contribution < -0.4 is 0 Å². The van der Waals surface area contributed by atoms with E-state index in [1.165, 1.54) is 0 Å². The Kier molecular flexibility index (Phi) is 27.4. The number of rotatable bonds is 0. The molecule has 4 heteroatoms. The molecule has 0 rings (SSSR count). The van der Waals surface area contributed by atoms with Crippen LogP contribution in [0.3, 0.4) is 0 Å². The zero-order valence-corrected chi connectivity index (χ0v) is 3.89. The SMILES string of the molecule is C=C(S)S.[NaH].[NaH]. The third-order valence-corrected chi connectivity index (χ3v) is 0. The van der Waals surface area contributed by atoms with Gasteiger partial charge in [0.05, 0.1) is 0 Å². The van der Waals surface area contributed by atoms with Crippen LogP contribution >= 0.6 is 25.3 Å². The summed E-state index contributed by atoms with van der Waals surface area (Å²) in [6.45, 7) is 3.28. The van der Waals surface area contributed by atoms with Gasteiger partial charge in [0.1, 0.15) is 0 Å². The molecule has 0 saturated heterocycles. The molecule has 0 aromatic rings. The minimum atomic E-state index is 0. The Morgan fingerprint density at radius 2 is 1.17 bits per heavy atom. The van der Waals surface area contributed by atoms with Crippen molar-refractivity contribution in [1.29, 1.82) is 0 Å². The molecule has 0 amide bonds. The fourth-order valence-corrected chi connectivity index (χ4v) is 0. The van der Waals surface area contributed by atoms with Crippen molar-refractivity contribution in [2.24, 2.45) is 0 Å². The maximum atomic E-state index is 3.64. The fraction of sp³-hybridized carbons (Fsp3) is 0. The molecule has 0 N–H and O–H groups in total. The molecule has 0 saturated carbocycles. The third kappa shape index (κ3) is 32.0. The first-order valence-electron chi connectivity index (χ1n) is 0.801. The predicted octanol–water partition coefficient (Wildman–Crippen LogP) is 0.0202. The Morgan fingerprint density at radius 1 is 1.17 bits per heavy atom. The maximum absolute atomic E-state index is 3.64. The van der Waals surface area contributed by atoms with Gasteiger partial charge in [-0.15, -0.1) is 25.3 Å². The van der Waals surface area contributed by atoms with Crippen LogP contribution in [0, 0.1) is 0 Å². The van der Waals surface area contributed by atoms with Crippen LogP contribution in [0.2, 0.25) is 0 Å². The second-order valence-electron chi connectivity index (χ2n) is 0.416. The molecule has 0 bridgehead atoms. The average Bonchev–Trinajstić information content (AvgIpc) is 0.811. The number of hydrogen-bond donors (Lipinski definition) is 2. The first kappa shape index (κ1) is 15.8. The van der Waals surface area contributed by atoms with E-state index >= 15 is 0 Å². The summed E-state index contributed by atoms with van der Waals surface area (Å²) in [5.74, 6) is 0. The van der Waals surface area contributed by atoms with Gasteiger partial charge in [0.15, 0.2) is 0 Å². The van der Waals surface area contributed by atoms with Gasteiger partial charge in [0.2, 0.25) is 0 Å². The van der Waals surface area contributed by atoms with Gasteiger partial charge in [0.25, 0.3) is 0 Å². The first-order valence-corrected chi connectivity index (χ1v) is 1.70. The number of hydrogen-bond acceptors (Lipinski definition) is 2. The van der Waals surface area contributed by atoms with Gasteiger partial charge in [-0.1, -0.05) is 6.58 Å². The molecular formula is C2H6Na2S2. The van der Waals surface area contributed by atoms with E-state index < -0.39 is 0 Å². The van der Waals surface area contributed by atoms with E-state index in [0.717, 1.165) is 0 Å². The molecule has 0 heterocycles. The van der Waals surface area contributed by atoms with Gasteiger partial charge in [-0.3, -0.25) is 0 Å². The summed E-state index contributed by atoms with van der Waals surface area (Å²) in [6, 6.07) is 0. The van der Waals surface area contributed by atoms with Gasteiger partial charge < -0.3 is 0 Å². The van der Waals surface area contributed by atoms with E-state index in [-0.39, 0.29) is 59.1 Å². The predicted molar refractivity (Wildman–Crippen MR) is 41.4 cm³/mol. The molecule has 0 aromatic carbocycles. The quantitative estimate of drug-likeness (QED) is 0.344. The topological polar surface area (TPSA) is 0 Å². The van der Waals surface area contributed by atoms with Crippen LogP contribution in [-0.2, 0) is 0 Å². The Morgan fingerprint density at radius 3 is 1.17 bits per heavy atom. The zero-order chi connectivity index (χ0) is 3.58. The van der Waals surface area contributed by atoms with Crippen molar-refractivity contribution < 1.29 is 0 Å². The van der Waals surface area contributed by atoms with Crippen molar-refractivity contribution in [2.45, 2.75) is 0 Å². The van der Waals surface area contributed by atoms with Crippen molar-refractivity contribution in [2.75, 3.05) is 0 Å². The van der Waals surface area contributed by atoms with Crippen molar-refractivity contribution in [3.8, 4) is 0 Å². The van der Waals surface area contributed by atoms with E-state index in [0.29, 0.717) is 4.24 Å². The fourth-order valence-electron chi connectivity index (χ4n) is 0. The molecule has 0 radical (unpaired) electrons. The summed E-state index contributed by atoms with van der Waals surface area (Å²) in [5.41, 5.74) is 0. The molecule has 6 heavy (non-hydrogen) atoms. The van der Waals surface area contributed by atoms with Crippen LogP contribution in [-0.4, -0.2) is 59.1 Å². The standard InChI is InChI=1S/C2H4S2.2Na.2H/c1-2(3)4;;;;/h3-4H,1H2;;;;. The van der Waals surface area contributed by atoms with Crippen molar-refractivity contribution in [3.05, 3.63) is 10.8 Å². The van der Waals surface area contributed by atoms with Crippen LogP contribution in [0.25, 0.3) is 0 Å². The van der Waals surface area contributed by atoms with Crippen molar-refractivity contribution >= 4 is 84.4 Å². The molecule has 0 fully saturated rings. The van der Waals surface area contributed by atoms with Crippen LogP contribution in [0.15, 0.2) is 10.8 Å². The van der Waals surface area contributed by atoms with Gasteiger partial charge in [-0.05, 0) is 0 Å².